The number of benzene rings is 2. The molecular formula is C22H26O7P. The van der Waals surface area contributed by atoms with E-state index in [1.54, 1.807) is 50.2 Å². The summed E-state index contributed by atoms with van der Waals surface area (Å²) in [5.74, 6) is 0.613. The third kappa shape index (κ3) is 4.79. The van der Waals surface area contributed by atoms with E-state index in [9.17, 15) is 14.2 Å². The van der Waals surface area contributed by atoms with E-state index in [1.165, 1.54) is 21.1 Å². The second-order valence-corrected chi connectivity index (χ2v) is 8.04. The zero-order chi connectivity index (χ0) is 22.3. The van der Waals surface area contributed by atoms with Crippen molar-refractivity contribution in [1.29, 1.82) is 0 Å². The van der Waals surface area contributed by atoms with Crippen LogP contribution < -0.4 is 18.9 Å². The molecule has 2 atom stereocenters. The number of Topliss-reactive ketones (excluding diaryl/α,β-unsaturated/α-hetero) is 1. The highest BCUT2D eigenvalue weighted by atomic mass is 31.1. The Balaban J connectivity index is 2.45. The topological polar surface area (TPSA) is 88.1 Å². The molecule has 8 heteroatoms. The van der Waals surface area contributed by atoms with E-state index in [1.807, 2.05) is 0 Å². The van der Waals surface area contributed by atoms with E-state index in [4.69, 9.17) is 18.9 Å². The van der Waals surface area contributed by atoms with Crippen molar-refractivity contribution in [1.82, 2.24) is 0 Å². The molecular weight excluding hydrogens is 407 g/mol. The maximum absolute atomic E-state index is 13.3. The Bertz CT molecular complexity index is 893. The quantitative estimate of drug-likeness (QED) is 0.374. The van der Waals surface area contributed by atoms with Gasteiger partial charge in [-0.25, -0.2) is 0 Å². The lowest BCUT2D eigenvalue weighted by Crippen LogP contribution is -2.19. The maximum atomic E-state index is 13.3. The number of carbonyl (C=O) groups excluding carboxylic acids is 2. The molecule has 0 aliphatic rings. The molecule has 0 aromatic heterocycles. The number of hydrogen-bond donors (Lipinski definition) is 0. The van der Waals surface area contributed by atoms with Crippen molar-refractivity contribution in [2.45, 2.75) is 26.4 Å². The van der Waals surface area contributed by atoms with E-state index < -0.39 is 24.8 Å². The standard InChI is InChI=1S/C22H26O7P/c1-6-28-17-12-9-13-18(29-7-2)19(17)21(23)14(3)30(25)22(24)20-15(26-4)10-8-11-16(20)27-5/h8-14H,6-7H2,1-5H3. The molecule has 0 bridgehead atoms. The molecule has 2 aromatic carbocycles. The molecule has 1 radical (unpaired) electrons. The van der Waals surface area contributed by atoms with E-state index >= 15 is 0 Å². The van der Waals surface area contributed by atoms with Gasteiger partial charge in [0, 0.05) is 0 Å². The number of rotatable bonds is 11. The average Bonchev–Trinajstić information content (AvgIpc) is 2.77. The summed E-state index contributed by atoms with van der Waals surface area (Å²) in [5.41, 5.74) is -1.60. The first-order valence-electron chi connectivity index (χ1n) is 9.55. The van der Waals surface area contributed by atoms with Gasteiger partial charge in [-0.1, -0.05) is 12.1 Å². The smallest absolute Gasteiger partial charge is 0.250 e. The molecule has 0 aliphatic heterocycles. The van der Waals surface area contributed by atoms with Crippen LogP contribution in [0.15, 0.2) is 36.4 Å². The van der Waals surface area contributed by atoms with Crippen molar-refractivity contribution in [2.24, 2.45) is 0 Å². The van der Waals surface area contributed by atoms with Gasteiger partial charge >= 0.3 is 0 Å². The van der Waals surface area contributed by atoms with Crippen LogP contribution in [-0.4, -0.2) is 44.4 Å². The van der Waals surface area contributed by atoms with Crippen LogP contribution >= 0.6 is 7.80 Å². The molecule has 2 aromatic rings. The second-order valence-electron chi connectivity index (χ2n) is 6.20. The van der Waals surface area contributed by atoms with Crippen LogP contribution in [0.2, 0.25) is 0 Å². The van der Waals surface area contributed by atoms with Crippen molar-refractivity contribution in [3.8, 4) is 23.0 Å². The molecule has 30 heavy (non-hydrogen) atoms. The van der Waals surface area contributed by atoms with E-state index in [0.29, 0.717) is 24.7 Å². The van der Waals surface area contributed by atoms with Crippen molar-refractivity contribution in [3.63, 3.8) is 0 Å². The third-order valence-electron chi connectivity index (χ3n) is 4.41. The van der Waals surface area contributed by atoms with Crippen LogP contribution in [0, 0.1) is 0 Å². The van der Waals surface area contributed by atoms with Crippen LogP contribution in [0.5, 0.6) is 23.0 Å². The predicted molar refractivity (Wildman–Crippen MR) is 114 cm³/mol. The third-order valence-corrected chi connectivity index (χ3v) is 5.97. The van der Waals surface area contributed by atoms with Crippen LogP contribution in [0.25, 0.3) is 0 Å². The number of ketones is 1. The maximum Gasteiger partial charge on any atom is 0.250 e. The summed E-state index contributed by atoms with van der Waals surface area (Å²) >= 11 is 0. The van der Waals surface area contributed by atoms with Crippen LogP contribution in [0.3, 0.4) is 0 Å². The Morgan fingerprint density at radius 2 is 1.27 bits per heavy atom. The summed E-state index contributed by atoms with van der Waals surface area (Å²) in [4.78, 5) is 26.3. The first-order chi connectivity index (χ1) is 14.4. The van der Waals surface area contributed by atoms with Gasteiger partial charge in [-0.05, 0) is 45.0 Å². The Kier molecular flexibility index (Phi) is 8.36. The van der Waals surface area contributed by atoms with Crippen LogP contribution in [0.4, 0.5) is 0 Å². The van der Waals surface area contributed by atoms with Gasteiger partial charge in [-0.3, -0.25) is 14.2 Å². The normalized spacial score (nSPS) is 12.0. The molecule has 0 amide bonds. The zero-order valence-corrected chi connectivity index (χ0v) is 18.7. The number of carbonyl (C=O) groups is 2. The fourth-order valence-corrected chi connectivity index (χ4v) is 4.10. The lowest BCUT2D eigenvalue weighted by Gasteiger charge is -2.17. The Morgan fingerprint density at radius 3 is 1.67 bits per heavy atom. The minimum absolute atomic E-state index is 0.0476. The Morgan fingerprint density at radius 1 is 0.833 bits per heavy atom. The molecule has 0 saturated carbocycles. The Hall–Kier alpha value is -2.92. The first-order valence-corrected chi connectivity index (χ1v) is 10.9. The van der Waals surface area contributed by atoms with Crippen molar-refractivity contribution in [3.05, 3.63) is 47.5 Å². The van der Waals surface area contributed by atoms with Gasteiger partial charge in [0.05, 0.1) is 33.1 Å². The number of methoxy groups -OCH3 is 2. The van der Waals surface area contributed by atoms with Gasteiger partial charge in [-0.2, -0.15) is 0 Å². The highest BCUT2D eigenvalue weighted by molar-refractivity contribution is 7.66. The number of ether oxygens (including phenoxy) is 4. The lowest BCUT2D eigenvalue weighted by molar-refractivity contribution is 0.0974. The lowest BCUT2D eigenvalue weighted by atomic mass is 10.1. The molecule has 0 fully saturated rings. The SMILES string of the molecule is CCOc1cccc(OCC)c1C(=O)C(C)[P](=O)C(=O)c1c(OC)cccc1OC. The van der Waals surface area contributed by atoms with Crippen LogP contribution in [0.1, 0.15) is 41.5 Å². The zero-order valence-electron chi connectivity index (χ0n) is 17.8. The highest BCUT2D eigenvalue weighted by Gasteiger charge is 2.34. The highest BCUT2D eigenvalue weighted by Crippen LogP contribution is 2.42. The van der Waals surface area contributed by atoms with E-state index in [-0.39, 0.29) is 22.6 Å². The minimum Gasteiger partial charge on any atom is -0.496 e. The summed E-state index contributed by atoms with van der Waals surface area (Å²) in [7, 11) is 0.166. The van der Waals surface area contributed by atoms with Crippen molar-refractivity contribution < 1.29 is 33.1 Å². The number of hydrogen-bond acceptors (Lipinski definition) is 7. The minimum atomic E-state index is -2.64. The summed E-state index contributed by atoms with van der Waals surface area (Å²) in [6, 6.07) is 9.80. The fourth-order valence-electron chi connectivity index (χ4n) is 2.97. The van der Waals surface area contributed by atoms with Gasteiger partial charge in [-0.15, -0.1) is 0 Å². The van der Waals surface area contributed by atoms with E-state index in [2.05, 4.69) is 0 Å². The van der Waals surface area contributed by atoms with Gasteiger partial charge in [0.2, 0.25) is 5.52 Å². The molecule has 2 rings (SSSR count). The summed E-state index contributed by atoms with van der Waals surface area (Å²) in [6.45, 7) is 5.73. The predicted octanol–water partition coefficient (Wildman–Crippen LogP) is 4.74. The summed E-state index contributed by atoms with van der Waals surface area (Å²) < 4.78 is 34.7. The largest absolute Gasteiger partial charge is 0.496 e. The van der Waals surface area contributed by atoms with Gasteiger partial charge < -0.3 is 18.9 Å². The molecule has 0 N–H and O–H groups in total. The monoisotopic (exact) mass is 433 g/mol. The first kappa shape index (κ1) is 23.4. The molecule has 0 saturated heterocycles. The fraction of sp³-hybridized carbons (Fsp3) is 0.364. The molecule has 2 unspecified atom stereocenters. The summed E-state index contributed by atoms with van der Waals surface area (Å²) in [6.07, 6.45) is 0. The summed E-state index contributed by atoms with van der Waals surface area (Å²) in [5, 5.41) is 0. The molecule has 0 heterocycles. The van der Waals surface area contributed by atoms with Crippen molar-refractivity contribution >= 4 is 19.1 Å². The molecule has 7 nitrogen and oxygen atoms in total. The van der Waals surface area contributed by atoms with Crippen molar-refractivity contribution in [2.75, 3.05) is 27.4 Å². The van der Waals surface area contributed by atoms with Gasteiger partial charge in [0.15, 0.2) is 13.6 Å². The molecule has 0 spiro atoms. The van der Waals surface area contributed by atoms with Gasteiger partial charge in [0.1, 0.15) is 34.1 Å². The molecule has 0 aliphatic carbocycles. The van der Waals surface area contributed by atoms with Gasteiger partial charge in [0.25, 0.3) is 0 Å². The molecule has 161 valence electrons. The second kappa shape index (κ2) is 10.7. The van der Waals surface area contributed by atoms with E-state index in [0.717, 1.165) is 0 Å². The van der Waals surface area contributed by atoms with Crippen LogP contribution in [-0.2, 0) is 4.57 Å². The Labute approximate surface area is 177 Å². The average molecular weight is 433 g/mol.